The minimum Gasteiger partial charge on any atom is -0.619 e. The fraction of sp³-hybridized carbons (Fsp3) is 0.125. The standard InChI is InChI=1S/C8H9ClN2O/c1-5-3-4-6(11(2)12)8(10)7(5)9/h3-4H,2,10H2,1H3. The van der Waals surface area contributed by atoms with Crippen LogP contribution in [-0.4, -0.2) is 11.5 Å². The average molecular weight is 185 g/mol. The topological polar surface area (TPSA) is 52.1 Å². The van der Waals surface area contributed by atoms with Crippen LogP contribution in [0.4, 0.5) is 11.4 Å². The molecule has 1 rings (SSSR count). The third-order valence-corrected chi connectivity index (χ3v) is 2.12. The van der Waals surface area contributed by atoms with Gasteiger partial charge in [-0.1, -0.05) is 17.7 Å². The molecule has 0 unspecified atom stereocenters. The number of nitrogen functional groups attached to an aromatic ring is 1. The first kappa shape index (κ1) is 8.87. The van der Waals surface area contributed by atoms with Gasteiger partial charge in [-0.05, 0) is 12.5 Å². The molecule has 12 heavy (non-hydrogen) atoms. The summed E-state index contributed by atoms with van der Waals surface area (Å²) in [6.45, 7) is 5.00. The van der Waals surface area contributed by atoms with Crippen LogP contribution in [0.25, 0.3) is 0 Å². The molecule has 0 heterocycles. The third-order valence-electron chi connectivity index (χ3n) is 1.62. The van der Waals surface area contributed by atoms with Crippen molar-refractivity contribution in [3.05, 3.63) is 27.9 Å². The van der Waals surface area contributed by atoms with Crippen molar-refractivity contribution in [2.45, 2.75) is 6.92 Å². The van der Waals surface area contributed by atoms with Crippen LogP contribution in [0.2, 0.25) is 5.02 Å². The van der Waals surface area contributed by atoms with Crippen LogP contribution in [0.1, 0.15) is 5.56 Å². The van der Waals surface area contributed by atoms with Gasteiger partial charge in [0.2, 0.25) is 5.69 Å². The fourth-order valence-electron chi connectivity index (χ4n) is 0.909. The smallest absolute Gasteiger partial charge is 0.240 e. The minimum atomic E-state index is 0.279. The summed E-state index contributed by atoms with van der Waals surface area (Å²) in [4.78, 5) is 0. The zero-order valence-electron chi connectivity index (χ0n) is 6.67. The van der Waals surface area contributed by atoms with E-state index in [4.69, 9.17) is 17.3 Å². The molecule has 0 fully saturated rings. The van der Waals surface area contributed by atoms with Crippen molar-refractivity contribution in [3.8, 4) is 0 Å². The first-order valence-corrected chi connectivity index (χ1v) is 3.74. The molecule has 0 aliphatic heterocycles. The van der Waals surface area contributed by atoms with Gasteiger partial charge in [0.1, 0.15) is 12.4 Å². The Morgan fingerprint density at radius 2 is 2.17 bits per heavy atom. The van der Waals surface area contributed by atoms with Gasteiger partial charge in [0, 0.05) is 6.07 Å². The minimum absolute atomic E-state index is 0.279. The normalized spacial score (nSPS) is 9.83. The predicted molar refractivity (Wildman–Crippen MR) is 51.0 cm³/mol. The van der Waals surface area contributed by atoms with Crippen molar-refractivity contribution in [1.82, 2.24) is 0 Å². The number of anilines is 1. The van der Waals surface area contributed by atoms with Crippen LogP contribution >= 0.6 is 11.6 Å². The second-order valence-corrected chi connectivity index (χ2v) is 2.89. The van der Waals surface area contributed by atoms with Gasteiger partial charge >= 0.3 is 0 Å². The molecule has 0 bridgehead atoms. The number of nitrogens with two attached hydrogens (primary N) is 1. The largest absolute Gasteiger partial charge is 0.619 e. The summed E-state index contributed by atoms with van der Waals surface area (Å²) < 4.78 is 0.445. The van der Waals surface area contributed by atoms with Gasteiger partial charge < -0.3 is 10.9 Å². The molecule has 3 nitrogen and oxygen atoms in total. The van der Waals surface area contributed by atoms with E-state index < -0.39 is 0 Å². The molecule has 1 aromatic rings. The van der Waals surface area contributed by atoms with E-state index in [1.165, 1.54) is 0 Å². The molecular formula is C8H9ClN2O. The van der Waals surface area contributed by atoms with E-state index in [0.29, 0.717) is 15.4 Å². The summed E-state index contributed by atoms with van der Waals surface area (Å²) in [5.74, 6) is 0. The molecule has 4 heteroatoms. The molecule has 0 aliphatic rings. The van der Waals surface area contributed by atoms with Gasteiger partial charge in [0.15, 0.2) is 0 Å². The van der Waals surface area contributed by atoms with Gasteiger partial charge in [0.05, 0.1) is 5.02 Å². The number of hydrogen-bond donors (Lipinski definition) is 1. The van der Waals surface area contributed by atoms with E-state index in [-0.39, 0.29) is 5.69 Å². The number of nitrogens with zero attached hydrogens (tertiary/aromatic N) is 1. The van der Waals surface area contributed by atoms with E-state index in [1.807, 2.05) is 6.92 Å². The highest BCUT2D eigenvalue weighted by molar-refractivity contribution is 6.34. The molecule has 0 atom stereocenters. The monoisotopic (exact) mass is 184 g/mol. The number of benzene rings is 1. The second kappa shape index (κ2) is 3.03. The third kappa shape index (κ3) is 1.36. The molecule has 0 saturated heterocycles. The van der Waals surface area contributed by atoms with E-state index in [1.54, 1.807) is 12.1 Å². The van der Waals surface area contributed by atoms with Crippen LogP contribution in [0.15, 0.2) is 12.1 Å². The van der Waals surface area contributed by atoms with E-state index in [0.717, 1.165) is 5.56 Å². The average Bonchev–Trinajstić information content (AvgIpc) is 2.00. The SMILES string of the molecule is C=[N+]([O-])c1ccc(C)c(Cl)c1N. The molecule has 1 aromatic carbocycles. The fourth-order valence-corrected chi connectivity index (χ4v) is 1.07. The number of hydrogen-bond acceptors (Lipinski definition) is 2. The molecule has 0 aliphatic carbocycles. The van der Waals surface area contributed by atoms with Crippen LogP contribution < -0.4 is 5.73 Å². The van der Waals surface area contributed by atoms with Crippen LogP contribution in [0.3, 0.4) is 0 Å². The summed E-state index contributed by atoms with van der Waals surface area (Å²) in [6, 6.07) is 3.32. The Morgan fingerprint density at radius 1 is 1.58 bits per heavy atom. The molecule has 2 N–H and O–H groups in total. The van der Waals surface area contributed by atoms with Crippen LogP contribution in [-0.2, 0) is 0 Å². The van der Waals surface area contributed by atoms with Crippen LogP contribution in [0.5, 0.6) is 0 Å². The maximum absolute atomic E-state index is 10.8. The number of rotatable bonds is 1. The van der Waals surface area contributed by atoms with E-state index in [2.05, 4.69) is 6.72 Å². The maximum Gasteiger partial charge on any atom is 0.240 e. The molecule has 0 spiro atoms. The van der Waals surface area contributed by atoms with Gasteiger partial charge in [-0.15, -0.1) is 0 Å². The van der Waals surface area contributed by atoms with Crippen molar-refractivity contribution in [3.63, 3.8) is 0 Å². The Morgan fingerprint density at radius 3 is 2.67 bits per heavy atom. The Bertz CT molecular complexity index is 336. The van der Waals surface area contributed by atoms with Crippen LogP contribution in [0, 0.1) is 12.1 Å². The van der Waals surface area contributed by atoms with Gasteiger partial charge in [-0.25, -0.2) is 0 Å². The first-order valence-electron chi connectivity index (χ1n) is 3.36. The Kier molecular flexibility index (Phi) is 2.24. The van der Waals surface area contributed by atoms with Crippen molar-refractivity contribution in [2.75, 3.05) is 5.73 Å². The number of halogens is 1. The highest BCUT2D eigenvalue weighted by Gasteiger charge is 2.10. The molecule has 0 radical (unpaired) electrons. The molecule has 0 saturated carbocycles. The molecule has 0 aromatic heterocycles. The first-order chi connectivity index (χ1) is 5.54. The lowest BCUT2D eigenvalue weighted by molar-refractivity contribution is -0.348. The van der Waals surface area contributed by atoms with Gasteiger partial charge in [-0.2, -0.15) is 4.74 Å². The lowest BCUT2D eigenvalue weighted by atomic mass is 10.2. The molecule has 0 amide bonds. The highest BCUT2D eigenvalue weighted by atomic mass is 35.5. The Balaban J connectivity index is 3.36. The Hall–Kier alpha value is -1.22. The summed E-state index contributed by atoms with van der Waals surface area (Å²) in [7, 11) is 0. The van der Waals surface area contributed by atoms with Crippen molar-refractivity contribution in [2.24, 2.45) is 0 Å². The Labute approximate surface area is 75.7 Å². The van der Waals surface area contributed by atoms with E-state index in [9.17, 15) is 5.21 Å². The van der Waals surface area contributed by atoms with Crippen molar-refractivity contribution < 1.29 is 4.74 Å². The lowest BCUT2D eigenvalue weighted by Gasteiger charge is -2.06. The summed E-state index contributed by atoms with van der Waals surface area (Å²) in [5.41, 5.74) is 6.99. The summed E-state index contributed by atoms with van der Waals surface area (Å²) in [5, 5.41) is 11.2. The van der Waals surface area contributed by atoms with E-state index >= 15 is 0 Å². The number of aryl methyl sites for hydroxylation is 1. The maximum atomic E-state index is 10.8. The quantitative estimate of drug-likeness (QED) is 0.239. The molecular weight excluding hydrogens is 176 g/mol. The zero-order valence-corrected chi connectivity index (χ0v) is 7.43. The molecule has 64 valence electrons. The van der Waals surface area contributed by atoms with Crippen molar-refractivity contribution in [1.29, 1.82) is 0 Å². The second-order valence-electron chi connectivity index (χ2n) is 2.51. The van der Waals surface area contributed by atoms with Gasteiger partial charge in [0.25, 0.3) is 0 Å². The summed E-state index contributed by atoms with van der Waals surface area (Å²) >= 11 is 5.81. The van der Waals surface area contributed by atoms with Crippen molar-refractivity contribution >= 4 is 29.7 Å². The highest BCUT2D eigenvalue weighted by Crippen LogP contribution is 2.31. The summed E-state index contributed by atoms with van der Waals surface area (Å²) in [6.07, 6.45) is 0. The lowest BCUT2D eigenvalue weighted by Crippen LogP contribution is -1.98. The zero-order chi connectivity index (χ0) is 9.30. The predicted octanol–water partition coefficient (Wildman–Crippen LogP) is 2.07. The van der Waals surface area contributed by atoms with Gasteiger partial charge in [-0.3, -0.25) is 0 Å².